The maximum absolute atomic E-state index is 14.3. The highest BCUT2D eigenvalue weighted by Crippen LogP contribution is 2.47. The molecule has 0 saturated carbocycles. The Morgan fingerprint density at radius 3 is 2.53 bits per heavy atom. The minimum Gasteiger partial charge on any atom is -0.497 e. The molecule has 1 atom stereocenters. The van der Waals surface area contributed by atoms with Gasteiger partial charge in [-0.1, -0.05) is 23.7 Å². The van der Waals surface area contributed by atoms with Gasteiger partial charge in [0.25, 0.3) is 5.91 Å². The summed E-state index contributed by atoms with van der Waals surface area (Å²) in [7, 11) is 3.11. The molecule has 0 bridgehead atoms. The summed E-state index contributed by atoms with van der Waals surface area (Å²) in [6, 6.07) is 16.1. The molecule has 1 aliphatic heterocycles. The molecule has 5 rings (SSSR count). The van der Waals surface area contributed by atoms with E-state index in [9.17, 15) is 9.18 Å². The van der Waals surface area contributed by atoms with E-state index >= 15 is 0 Å². The smallest absolute Gasteiger partial charge is 0.256 e. The van der Waals surface area contributed by atoms with Crippen molar-refractivity contribution in [1.82, 2.24) is 9.88 Å². The third-order valence-electron chi connectivity index (χ3n) is 6.07. The average Bonchev–Trinajstić information content (AvgIpc) is 3.13. The van der Waals surface area contributed by atoms with Gasteiger partial charge in [0.05, 0.1) is 31.3 Å². The van der Waals surface area contributed by atoms with Crippen molar-refractivity contribution in [2.24, 2.45) is 0 Å². The first-order valence-electron chi connectivity index (χ1n) is 10.6. The molecule has 1 amide bonds. The van der Waals surface area contributed by atoms with Crippen LogP contribution in [0.25, 0.3) is 10.9 Å². The van der Waals surface area contributed by atoms with Gasteiger partial charge < -0.3 is 20.1 Å². The van der Waals surface area contributed by atoms with Crippen molar-refractivity contribution in [3.63, 3.8) is 0 Å². The van der Waals surface area contributed by atoms with Crippen LogP contribution in [0.1, 0.15) is 33.1 Å². The van der Waals surface area contributed by atoms with Crippen LogP contribution >= 0.6 is 11.6 Å². The number of carbonyl (C=O) groups excluding carboxylic acids is 1. The van der Waals surface area contributed by atoms with Crippen LogP contribution in [-0.2, 0) is 6.54 Å². The van der Waals surface area contributed by atoms with Crippen LogP contribution in [-0.4, -0.2) is 30.0 Å². The number of anilines is 1. The van der Waals surface area contributed by atoms with Crippen molar-refractivity contribution < 1.29 is 18.7 Å². The van der Waals surface area contributed by atoms with E-state index in [1.807, 2.05) is 24.3 Å². The number of nitrogen functional groups attached to an aromatic ring is 1. The highest BCUT2D eigenvalue weighted by Gasteiger charge is 2.41. The number of ether oxygens (including phenoxy) is 2. The second kappa shape index (κ2) is 8.50. The maximum Gasteiger partial charge on any atom is 0.256 e. The van der Waals surface area contributed by atoms with Crippen molar-refractivity contribution in [2.45, 2.75) is 12.6 Å². The minimum atomic E-state index is -0.667. The van der Waals surface area contributed by atoms with Gasteiger partial charge in [-0.05, 0) is 48.0 Å². The predicted molar refractivity (Wildman–Crippen MR) is 129 cm³/mol. The second-order valence-electron chi connectivity index (χ2n) is 8.02. The number of aromatic nitrogens is 1. The molecule has 8 heteroatoms. The first-order chi connectivity index (χ1) is 16.4. The predicted octanol–water partition coefficient (Wildman–Crippen LogP) is 5.37. The second-order valence-corrected chi connectivity index (χ2v) is 8.43. The van der Waals surface area contributed by atoms with Crippen molar-refractivity contribution >= 4 is 34.1 Å². The van der Waals surface area contributed by atoms with Crippen molar-refractivity contribution in [3.05, 3.63) is 93.8 Å². The number of carbonyl (C=O) groups is 1. The number of hydrogen-bond acceptors (Lipinski definition) is 5. The molecule has 172 valence electrons. The number of hydrogen-bond donors (Lipinski definition) is 1. The molecule has 0 radical (unpaired) electrons. The van der Waals surface area contributed by atoms with Gasteiger partial charge in [-0.2, -0.15) is 0 Å². The fraction of sp³-hybridized carbons (Fsp3) is 0.154. The molecule has 0 saturated heterocycles. The molecular formula is C26H21ClFN3O3. The number of fused-ring (bicyclic) bond motifs is 3. The third kappa shape index (κ3) is 3.58. The molecule has 34 heavy (non-hydrogen) atoms. The highest BCUT2D eigenvalue weighted by molar-refractivity contribution is 6.31. The molecule has 4 aromatic rings. The van der Waals surface area contributed by atoms with Gasteiger partial charge in [-0.3, -0.25) is 4.79 Å². The SMILES string of the molecule is COc1ccc(CN2C(=O)c3c(c(N)cc4nc(OC)ccc34)C2c2cc(F)ccc2Cl)cc1. The summed E-state index contributed by atoms with van der Waals surface area (Å²) in [4.78, 5) is 20.0. The number of amides is 1. The van der Waals surface area contributed by atoms with E-state index in [2.05, 4.69) is 4.98 Å². The zero-order valence-electron chi connectivity index (χ0n) is 18.5. The Morgan fingerprint density at radius 2 is 1.82 bits per heavy atom. The summed E-state index contributed by atoms with van der Waals surface area (Å²) < 4.78 is 24.8. The van der Waals surface area contributed by atoms with E-state index in [4.69, 9.17) is 26.8 Å². The number of nitrogens with two attached hydrogens (primary N) is 1. The Morgan fingerprint density at radius 1 is 1.06 bits per heavy atom. The summed E-state index contributed by atoms with van der Waals surface area (Å²) in [6.45, 7) is 0.263. The largest absolute Gasteiger partial charge is 0.497 e. The molecule has 2 heterocycles. The lowest BCUT2D eigenvalue weighted by atomic mass is 9.93. The Balaban J connectivity index is 1.72. The van der Waals surface area contributed by atoms with Crippen LogP contribution in [0.3, 0.4) is 0 Å². The molecule has 0 fully saturated rings. The highest BCUT2D eigenvalue weighted by atomic mass is 35.5. The lowest BCUT2D eigenvalue weighted by Gasteiger charge is -2.27. The van der Waals surface area contributed by atoms with Crippen LogP contribution in [0.4, 0.5) is 10.1 Å². The normalized spacial score (nSPS) is 15.0. The number of rotatable bonds is 5. The van der Waals surface area contributed by atoms with Gasteiger partial charge in [-0.15, -0.1) is 0 Å². The zero-order chi connectivity index (χ0) is 24.0. The van der Waals surface area contributed by atoms with E-state index in [0.717, 1.165) is 5.56 Å². The molecule has 0 spiro atoms. The monoisotopic (exact) mass is 477 g/mol. The van der Waals surface area contributed by atoms with Crippen LogP contribution in [0.15, 0.2) is 60.7 Å². The van der Waals surface area contributed by atoms with Crippen LogP contribution in [0.2, 0.25) is 5.02 Å². The number of benzene rings is 3. The standard InChI is InChI=1S/C26H21ClFN3O3/c1-33-16-6-3-14(4-7-16)13-31-25(18-11-15(28)5-9-19(18)27)24-20(29)12-21-17(23(24)26(31)32)8-10-22(30-21)34-2/h3-12,25H,13,29H2,1-2H3. The first kappa shape index (κ1) is 22.0. The van der Waals surface area contributed by atoms with Crippen LogP contribution < -0.4 is 15.2 Å². The lowest BCUT2D eigenvalue weighted by molar-refractivity contribution is 0.0737. The summed E-state index contributed by atoms with van der Waals surface area (Å²) >= 11 is 6.52. The number of pyridine rings is 1. The van der Waals surface area contributed by atoms with Crippen molar-refractivity contribution in [3.8, 4) is 11.6 Å². The van der Waals surface area contributed by atoms with E-state index in [0.29, 0.717) is 49.9 Å². The fourth-order valence-corrected chi connectivity index (χ4v) is 4.71. The third-order valence-corrected chi connectivity index (χ3v) is 6.42. The summed E-state index contributed by atoms with van der Waals surface area (Å²) in [5.74, 6) is 0.438. The van der Waals surface area contributed by atoms with Crippen molar-refractivity contribution in [2.75, 3.05) is 20.0 Å². The number of methoxy groups -OCH3 is 2. The van der Waals surface area contributed by atoms with Gasteiger partial charge in [-0.25, -0.2) is 9.37 Å². The van der Waals surface area contributed by atoms with Crippen LogP contribution in [0, 0.1) is 5.82 Å². The van der Waals surface area contributed by atoms with E-state index in [-0.39, 0.29) is 12.5 Å². The molecular weight excluding hydrogens is 457 g/mol. The quantitative estimate of drug-likeness (QED) is 0.391. The number of halogens is 2. The minimum absolute atomic E-state index is 0.236. The fourth-order valence-electron chi connectivity index (χ4n) is 4.49. The summed E-state index contributed by atoms with van der Waals surface area (Å²) in [6.07, 6.45) is 0. The topological polar surface area (TPSA) is 77.7 Å². The molecule has 3 aromatic carbocycles. The maximum atomic E-state index is 14.3. The van der Waals surface area contributed by atoms with Crippen molar-refractivity contribution in [1.29, 1.82) is 0 Å². The molecule has 2 N–H and O–H groups in total. The molecule has 1 unspecified atom stereocenters. The van der Waals surface area contributed by atoms with E-state index in [1.165, 1.54) is 25.3 Å². The van der Waals surface area contributed by atoms with E-state index < -0.39 is 11.9 Å². The Bertz CT molecular complexity index is 1430. The van der Waals surface area contributed by atoms with E-state index in [1.54, 1.807) is 30.2 Å². The average molecular weight is 478 g/mol. The Labute approximate surface area is 200 Å². The lowest BCUT2D eigenvalue weighted by Crippen LogP contribution is -2.28. The summed E-state index contributed by atoms with van der Waals surface area (Å²) in [5.41, 5.74) is 9.77. The molecule has 1 aliphatic rings. The van der Waals surface area contributed by atoms with Gasteiger partial charge in [0.2, 0.25) is 5.88 Å². The Kier molecular flexibility index (Phi) is 5.49. The Hall–Kier alpha value is -3.84. The first-order valence-corrected chi connectivity index (χ1v) is 10.9. The van der Waals surface area contributed by atoms with Gasteiger partial charge >= 0.3 is 0 Å². The van der Waals surface area contributed by atoms with Gasteiger partial charge in [0.1, 0.15) is 11.6 Å². The molecule has 6 nitrogen and oxygen atoms in total. The molecule has 0 aliphatic carbocycles. The van der Waals surface area contributed by atoms with Gasteiger partial charge in [0.15, 0.2) is 0 Å². The van der Waals surface area contributed by atoms with Gasteiger partial charge in [0, 0.05) is 39.8 Å². The number of nitrogens with zero attached hydrogens (tertiary/aromatic N) is 2. The van der Waals surface area contributed by atoms with Crippen LogP contribution in [0.5, 0.6) is 11.6 Å². The zero-order valence-corrected chi connectivity index (χ0v) is 19.3. The molecule has 1 aromatic heterocycles. The summed E-state index contributed by atoms with van der Waals surface area (Å²) in [5, 5.41) is 0.990.